The minimum absolute atomic E-state index is 0.174. The zero-order valence-electron chi connectivity index (χ0n) is 12.4. The minimum atomic E-state index is 0.174. The van der Waals surface area contributed by atoms with E-state index in [1.807, 2.05) is 0 Å². The summed E-state index contributed by atoms with van der Waals surface area (Å²) < 4.78 is 0. The number of benzene rings is 1. The number of allylic oxidation sites excluding steroid dienone is 5. The van der Waals surface area contributed by atoms with Crippen LogP contribution in [0.2, 0.25) is 0 Å². The van der Waals surface area contributed by atoms with Crippen LogP contribution in [-0.4, -0.2) is 0 Å². The van der Waals surface area contributed by atoms with Gasteiger partial charge in [-0.2, -0.15) is 0 Å². The number of hydrogen-bond acceptors (Lipinski definition) is 0. The van der Waals surface area contributed by atoms with Gasteiger partial charge in [0.25, 0.3) is 0 Å². The molecule has 1 unspecified atom stereocenters. The zero-order chi connectivity index (χ0) is 13.8. The van der Waals surface area contributed by atoms with Gasteiger partial charge in [-0.05, 0) is 24.0 Å². The lowest BCUT2D eigenvalue weighted by Crippen LogP contribution is -2.24. The third-order valence-electron chi connectivity index (χ3n) is 4.76. The Morgan fingerprint density at radius 1 is 1.10 bits per heavy atom. The van der Waals surface area contributed by atoms with Gasteiger partial charge in [0.05, 0.1) is 0 Å². The van der Waals surface area contributed by atoms with Gasteiger partial charge >= 0.3 is 0 Å². The van der Waals surface area contributed by atoms with Gasteiger partial charge in [-0.15, -0.1) is 0 Å². The molecule has 0 radical (unpaired) electrons. The maximum absolute atomic E-state index is 2.46. The first-order valence-corrected chi connectivity index (χ1v) is 8.02. The lowest BCUT2D eigenvalue weighted by atomic mass is 9.71. The van der Waals surface area contributed by atoms with Crippen molar-refractivity contribution in [1.82, 2.24) is 0 Å². The van der Waals surface area contributed by atoms with Crippen LogP contribution in [-0.2, 0) is 5.41 Å². The molecule has 3 rings (SSSR count). The van der Waals surface area contributed by atoms with Gasteiger partial charge in [0, 0.05) is 5.41 Å². The van der Waals surface area contributed by atoms with E-state index in [1.54, 1.807) is 5.57 Å². The molecule has 2 aliphatic carbocycles. The molecule has 0 saturated carbocycles. The van der Waals surface area contributed by atoms with E-state index in [2.05, 4.69) is 61.6 Å². The SMILES string of the molecule is CCCCCCC1(C2=CC=CC2)C=Cc2ccccc21. The summed E-state index contributed by atoms with van der Waals surface area (Å²) in [6.45, 7) is 2.28. The van der Waals surface area contributed by atoms with E-state index < -0.39 is 0 Å². The number of unbranched alkanes of at least 4 members (excludes halogenated alkanes) is 3. The van der Waals surface area contributed by atoms with Gasteiger partial charge in [0.15, 0.2) is 0 Å². The fourth-order valence-electron chi connectivity index (χ4n) is 3.64. The lowest BCUT2D eigenvalue weighted by molar-refractivity contribution is 0.514. The third kappa shape index (κ3) is 2.28. The average Bonchev–Trinajstić information content (AvgIpc) is 3.12. The highest BCUT2D eigenvalue weighted by Crippen LogP contribution is 2.47. The van der Waals surface area contributed by atoms with Gasteiger partial charge in [0.1, 0.15) is 0 Å². The molecule has 0 heteroatoms. The highest BCUT2D eigenvalue weighted by atomic mass is 14.4. The zero-order valence-corrected chi connectivity index (χ0v) is 12.4. The monoisotopic (exact) mass is 264 g/mol. The lowest BCUT2D eigenvalue weighted by Gasteiger charge is -2.31. The first-order valence-electron chi connectivity index (χ1n) is 8.02. The van der Waals surface area contributed by atoms with Crippen LogP contribution in [0.1, 0.15) is 56.6 Å². The van der Waals surface area contributed by atoms with Crippen LogP contribution in [0.25, 0.3) is 6.08 Å². The molecular formula is C20H24. The predicted molar refractivity (Wildman–Crippen MR) is 87.8 cm³/mol. The quantitative estimate of drug-likeness (QED) is 0.569. The summed E-state index contributed by atoms with van der Waals surface area (Å²) in [6, 6.07) is 8.92. The van der Waals surface area contributed by atoms with E-state index in [4.69, 9.17) is 0 Å². The second-order valence-corrected chi connectivity index (χ2v) is 6.03. The molecule has 0 amide bonds. The molecule has 1 aromatic carbocycles. The first kappa shape index (κ1) is 13.4. The molecule has 0 fully saturated rings. The molecule has 0 spiro atoms. The summed E-state index contributed by atoms with van der Waals surface area (Å²) in [5.74, 6) is 0. The maximum Gasteiger partial charge on any atom is 0.0356 e. The van der Waals surface area contributed by atoms with Crippen molar-refractivity contribution in [3.8, 4) is 0 Å². The van der Waals surface area contributed by atoms with Crippen molar-refractivity contribution in [1.29, 1.82) is 0 Å². The van der Waals surface area contributed by atoms with Crippen LogP contribution in [0.3, 0.4) is 0 Å². The maximum atomic E-state index is 2.46. The summed E-state index contributed by atoms with van der Waals surface area (Å²) in [7, 11) is 0. The number of fused-ring (bicyclic) bond motifs is 1. The summed E-state index contributed by atoms with van der Waals surface area (Å²) in [4.78, 5) is 0. The molecule has 0 bridgehead atoms. The van der Waals surface area contributed by atoms with Crippen LogP contribution in [0, 0.1) is 0 Å². The average molecular weight is 264 g/mol. The molecule has 1 atom stereocenters. The van der Waals surface area contributed by atoms with Gasteiger partial charge in [-0.3, -0.25) is 0 Å². The molecule has 0 saturated heterocycles. The molecule has 0 aromatic heterocycles. The van der Waals surface area contributed by atoms with Crippen molar-refractivity contribution >= 4 is 6.08 Å². The van der Waals surface area contributed by atoms with Crippen LogP contribution in [0.15, 0.2) is 54.1 Å². The Bertz CT molecular complexity index is 559. The summed E-state index contributed by atoms with van der Waals surface area (Å²) in [6.07, 6.45) is 19.4. The highest BCUT2D eigenvalue weighted by Gasteiger charge is 2.37. The third-order valence-corrected chi connectivity index (χ3v) is 4.76. The topological polar surface area (TPSA) is 0 Å². The Labute approximate surface area is 122 Å². The summed E-state index contributed by atoms with van der Waals surface area (Å²) >= 11 is 0. The Morgan fingerprint density at radius 2 is 2.00 bits per heavy atom. The number of hydrogen-bond donors (Lipinski definition) is 0. The van der Waals surface area contributed by atoms with Crippen molar-refractivity contribution in [2.75, 3.05) is 0 Å². The molecule has 104 valence electrons. The van der Waals surface area contributed by atoms with E-state index in [9.17, 15) is 0 Å². The highest BCUT2D eigenvalue weighted by molar-refractivity contribution is 5.69. The van der Waals surface area contributed by atoms with Crippen molar-refractivity contribution in [2.45, 2.75) is 50.9 Å². The first-order chi connectivity index (χ1) is 9.87. The summed E-state index contributed by atoms with van der Waals surface area (Å²) in [5, 5.41) is 0. The Kier molecular flexibility index (Phi) is 3.91. The Hall–Kier alpha value is -1.56. The number of rotatable bonds is 6. The van der Waals surface area contributed by atoms with Crippen LogP contribution >= 0.6 is 0 Å². The Balaban J connectivity index is 1.88. The fraction of sp³-hybridized carbons (Fsp3) is 0.400. The molecule has 1 aromatic rings. The van der Waals surface area contributed by atoms with Crippen LogP contribution in [0.4, 0.5) is 0 Å². The normalized spacial score (nSPS) is 23.1. The van der Waals surface area contributed by atoms with Crippen molar-refractivity contribution in [2.24, 2.45) is 0 Å². The second-order valence-electron chi connectivity index (χ2n) is 6.03. The van der Waals surface area contributed by atoms with E-state index >= 15 is 0 Å². The smallest absolute Gasteiger partial charge is 0.0356 e. The van der Waals surface area contributed by atoms with Crippen molar-refractivity contribution < 1.29 is 0 Å². The van der Waals surface area contributed by atoms with Crippen LogP contribution < -0.4 is 0 Å². The summed E-state index contributed by atoms with van der Waals surface area (Å²) in [5.41, 5.74) is 4.69. The molecule has 0 N–H and O–H groups in total. The van der Waals surface area contributed by atoms with E-state index in [0.29, 0.717) is 0 Å². The van der Waals surface area contributed by atoms with Gasteiger partial charge in [0.2, 0.25) is 0 Å². The second kappa shape index (κ2) is 5.83. The molecular weight excluding hydrogens is 240 g/mol. The van der Waals surface area contributed by atoms with E-state index in [0.717, 1.165) is 6.42 Å². The van der Waals surface area contributed by atoms with Gasteiger partial charge in [-0.1, -0.05) is 92.8 Å². The largest absolute Gasteiger partial charge is 0.0804 e. The molecule has 20 heavy (non-hydrogen) atoms. The standard InChI is InChI=1S/C20H24/c1-2-3-4-9-15-20(18-11-6-7-12-18)16-14-17-10-5-8-13-19(17)20/h5-8,10-11,13-14,16H,2-4,9,12,15H2,1H3. The Morgan fingerprint density at radius 3 is 2.80 bits per heavy atom. The predicted octanol–water partition coefficient (Wildman–Crippen LogP) is 5.81. The van der Waals surface area contributed by atoms with E-state index in [1.165, 1.54) is 43.2 Å². The molecule has 0 nitrogen and oxygen atoms in total. The minimum Gasteiger partial charge on any atom is -0.0804 e. The van der Waals surface area contributed by atoms with Crippen molar-refractivity contribution in [3.63, 3.8) is 0 Å². The molecule has 0 heterocycles. The van der Waals surface area contributed by atoms with E-state index in [-0.39, 0.29) is 5.41 Å². The van der Waals surface area contributed by atoms with Crippen molar-refractivity contribution in [3.05, 3.63) is 65.3 Å². The van der Waals surface area contributed by atoms with Crippen LogP contribution in [0.5, 0.6) is 0 Å². The molecule has 0 aliphatic heterocycles. The van der Waals surface area contributed by atoms with Gasteiger partial charge < -0.3 is 0 Å². The molecule has 2 aliphatic rings. The van der Waals surface area contributed by atoms with Gasteiger partial charge in [-0.25, -0.2) is 0 Å². The fourth-order valence-corrected chi connectivity index (χ4v) is 3.64.